The Morgan fingerprint density at radius 3 is 2.58 bits per heavy atom. The number of aryl methyl sites for hydroxylation is 1. The maximum Gasteiger partial charge on any atom is 0.322 e. The molecule has 3 heterocycles. The molecule has 0 unspecified atom stereocenters. The van der Waals surface area contributed by atoms with Crippen LogP contribution < -0.4 is 15.3 Å². The van der Waals surface area contributed by atoms with Gasteiger partial charge < -0.3 is 15.4 Å². The Labute approximate surface area is 228 Å². The molecule has 1 saturated heterocycles. The second-order valence-corrected chi connectivity index (χ2v) is 10.8. The van der Waals surface area contributed by atoms with Crippen LogP contribution in [0.25, 0.3) is 10.6 Å². The molecule has 198 valence electrons. The number of piperidine rings is 1. The number of carbonyl (C=O) groups excluding carboxylic acids is 2. The van der Waals surface area contributed by atoms with Crippen molar-refractivity contribution in [2.45, 2.75) is 38.7 Å². The molecule has 2 amide bonds. The van der Waals surface area contributed by atoms with E-state index >= 15 is 0 Å². The van der Waals surface area contributed by atoms with E-state index < -0.39 is 5.91 Å². The molecule has 1 aliphatic rings. The number of carbonyl (C=O) groups is 2. The maximum atomic E-state index is 11.1. The summed E-state index contributed by atoms with van der Waals surface area (Å²) in [6.07, 6.45) is 3.71. The number of ether oxygens (including phenoxy) is 1. The van der Waals surface area contributed by atoms with Crippen LogP contribution in [0, 0.1) is 0 Å². The van der Waals surface area contributed by atoms with Crippen molar-refractivity contribution in [3.63, 3.8) is 0 Å². The number of aromatic amines is 1. The number of rotatable bonds is 8. The topological polar surface area (TPSA) is 131 Å². The molecular weight excluding hydrogens is 522 g/mol. The minimum atomic E-state index is -0.440. The van der Waals surface area contributed by atoms with Gasteiger partial charge in [-0.1, -0.05) is 48.6 Å². The van der Waals surface area contributed by atoms with E-state index in [9.17, 15) is 14.4 Å². The number of thiazole rings is 1. The molecule has 0 aliphatic carbocycles. The first-order valence-corrected chi connectivity index (χ1v) is 13.9. The molecule has 0 spiro atoms. The van der Waals surface area contributed by atoms with Gasteiger partial charge in [-0.15, -0.1) is 11.3 Å². The number of H-pyrrole nitrogens is 1. The third kappa shape index (κ3) is 7.14. The van der Waals surface area contributed by atoms with Crippen molar-refractivity contribution in [1.82, 2.24) is 20.1 Å². The lowest BCUT2D eigenvalue weighted by Crippen LogP contribution is -2.33. The van der Waals surface area contributed by atoms with Crippen molar-refractivity contribution in [2.24, 2.45) is 5.73 Å². The molecule has 38 heavy (non-hydrogen) atoms. The van der Waals surface area contributed by atoms with E-state index in [0.717, 1.165) is 69.7 Å². The van der Waals surface area contributed by atoms with Gasteiger partial charge in [0.1, 0.15) is 22.4 Å². The molecule has 9 nitrogen and oxygen atoms in total. The summed E-state index contributed by atoms with van der Waals surface area (Å²) in [6, 6.07) is 17.0. The Kier molecular flexibility index (Phi) is 9.39. The number of nitrogens with one attached hydrogen (secondary N) is 1. The fraction of sp³-hybridized carbons (Fsp3) is 0.296. The van der Waals surface area contributed by atoms with Gasteiger partial charge in [-0.25, -0.2) is 10.1 Å². The summed E-state index contributed by atoms with van der Waals surface area (Å²) >= 11 is 2.80. The maximum absolute atomic E-state index is 11.1. The largest absolute Gasteiger partial charge is 0.488 e. The van der Waals surface area contributed by atoms with Gasteiger partial charge in [-0.2, -0.15) is 5.10 Å². The molecule has 0 bridgehead atoms. The van der Waals surface area contributed by atoms with Crippen LogP contribution in [0.1, 0.15) is 51.6 Å². The molecule has 3 N–H and O–H groups in total. The number of benzene rings is 2. The van der Waals surface area contributed by atoms with Crippen molar-refractivity contribution < 1.29 is 14.3 Å². The van der Waals surface area contributed by atoms with E-state index in [-0.39, 0.29) is 10.8 Å². The van der Waals surface area contributed by atoms with Crippen molar-refractivity contribution in [3.8, 4) is 16.3 Å². The summed E-state index contributed by atoms with van der Waals surface area (Å²) < 4.78 is 5.84. The SMILES string of the molecule is CCc1nc(-c2ccccc2)sc1COc1ccc(C(N)=O)cc1.O=CN1CCC[C@@H](c2n[nH]c(=O)s2)C1. The van der Waals surface area contributed by atoms with E-state index in [4.69, 9.17) is 15.5 Å². The average molecular weight is 552 g/mol. The standard InChI is InChI=1S/C19H18N2O2S.C8H11N3O2S/c1-2-16-17(24-19(21-16)14-6-4-3-5-7-14)12-23-15-10-8-13(9-11-15)18(20)22;12-5-11-3-1-2-6(4-11)7-9-10-8(13)14-7/h3-11H,2,12H2,1H3,(H2,20,22);5-6H,1-4H2,(H,10,13)/t;6-/m.1/s1. The monoisotopic (exact) mass is 551 g/mol. The number of nitrogens with zero attached hydrogens (tertiary/aromatic N) is 3. The highest BCUT2D eigenvalue weighted by Gasteiger charge is 2.22. The fourth-order valence-corrected chi connectivity index (χ4v) is 5.86. The molecule has 1 fully saturated rings. The zero-order chi connectivity index (χ0) is 26.9. The summed E-state index contributed by atoms with van der Waals surface area (Å²) in [7, 11) is 0. The third-order valence-corrected chi connectivity index (χ3v) is 8.08. The van der Waals surface area contributed by atoms with Crippen molar-refractivity contribution >= 4 is 35.0 Å². The van der Waals surface area contributed by atoms with Crippen molar-refractivity contribution in [1.29, 1.82) is 0 Å². The zero-order valence-electron chi connectivity index (χ0n) is 21.0. The van der Waals surface area contributed by atoms with Gasteiger partial charge >= 0.3 is 4.87 Å². The van der Waals surface area contributed by atoms with Crippen LogP contribution in [0.2, 0.25) is 0 Å². The Morgan fingerprint density at radius 1 is 1.18 bits per heavy atom. The van der Waals surface area contributed by atoms with Crippen LogP contribution in [0.4, 0.5) is 0 Å². The van der Waals surface area contributed by atoms with Gasteiger partial charge in [0.05, 0.1) is 10.6 Å². The van der Waals surface area contributed by atoms with Crippen LogP contribution in [0.5, 0.6) is 5.75 Å². The molecule has 2 aromatic carbocycles. The van der Waals surface area contributed by atoms with Gasteiger partial charge in [0, 0.05) is 30.1 Å². The highest BCUT2D eigenvalue weighted by atomic mass is 32.1. The number of hydrogen-bond acceptors (Lipinski definition) is 8. The van der Waals surface area contributed by atoms with Crippen LogP contribution in [-0.2, 0) is 17.8 Å². The lowest BCUT2D eigenvalue weighted by molar-refractivity contribution is -0.119. The molecule has 1 atom stereocenters. The van der Waals surface area contributed by atoms with E-state index in [0.29, 0.717) is 24.5 Å². The molecule has 4 aromatic rings. The first kappa shape index (κ1) is 27.2. The summed E-state index contributed by atoms with van der Waals surface area (Å²) in [5, 5.41) is 8.18. The number of nitrogens with two attached hydrogens (primary N) is 1. The molecule has 2 aromatic heterocycles. The lowest BCUT2D eigenvalue weighted by Gasteiger charge is -2.28. The highest BCUT2D eigenvalue weighted by Crippen LogP contribution is 2.29. The first-order valence-electron chi connectivity index (χ1n) is 12.3. The van der Waals surface area contributed by atoms with E-state index in [2.05, 4.69) is 29.3 Å². The zero-order valence-corrected chi connectivity index (χ0v) is 22.6. The molecule has 0 saturated carbocycles. The van der Waals surface area contributed by atoms with Crippen LogP contribution in [0.3, 0.4) is 0 Å². The Morgan fingerprint density at radius 2 is 1.95 bits per heavy atom. The minimum Gasteiger partial charge on any atom is -0.488 e. The number of primary amides is 1. The van der Waals surface area contributed by atoms with E-state index in [1.165, 1.54) is 0 Å². The Balaban J connectivity index is 0.000000204. The first-order chi connectivity index (χ1) is 18.5. The van der Waals surface area contributed by atoms with Gasteiger partial charge in [-0.05, 0) is 43.5 Å². The predicted molar refractivity (Wildman–Crippen MR) is 149 cm³/mol. The summed E-state index contributed by atoms with van der Waals surface area (Å²) in [5.41, 5.74) is 7.89. The molecule has 5 rings (SSSR count). The molecular formula is C27H29N5O4S2. The minimum absolute atomic E-state index is 0.122. The predicted octanol–water partition coefficient (Wildman–Crippen LogP) is 4.22. The van der Waals surface area contributed by atoms with Gasteiger partial charge in [0.25, 0.3) is 0 Å². The number of aromatic nitrogens is 3. The molecule has 0 radical (unpaired) electrons. The summed E-state index contributed by atoms with van der Waals surface area (Å²) in [6.45, 7) is 4.06. The highest BCUT2D eigenvalue weighted by molar-refractivity contribution is 7.15. The average Bonchev–Trinajstić information content (AvgIpc) is 3.59. The quantitative estimate of drug-likeness (QED) is 0.315. The van der Waals surface area contributed by atoms with Gasteiger partial charge in [0.15, 0.2) is 0 Å². The lowest BCUT2D eigenvalue weighted by atomic mass is 9.99. The second-order valence-electron chi connectivity index (χ2n) is 8.68. The fourth-order valence-electron chi connectivity index (χ4n) is 4.06. The molecule has 1 aliphatic heterocycles. The van der Waals surface area contributed by atoms with E-state index in [1.54, 1.807) is 40.5 Å². The van der Waals surface area contributed by atoms with Gasteiger partial charge in [0.2, 0.25) is 12.3 Å². The number of amides is 2. The molecule has 11 heteroatoms. The smallest absolute Gasteiger partial charge is 0.322 e. The van der Waals surface area contributed by atoms with E-state index in [1.807, 2.05) is 18.2 Å². The summed E-state index contributed by atoms with van der Waals surface area (Å²) in [4.78, 5) is 40.0. The van der Waals surface area contributed by atoms with Crippen molar-refractivity contribution in [3.05, 3.63) is 85.4 Å². The summed E-state index contributed by atoms with van der Waals surface area (Å²) in [5.74, 6) is 0.499. The second kappa shape index (κ2) is 13.1. The Bertz CT molecular complexity index is 1400. The Hall–Kier alpha value is -3.83. The van der Waals surface area contributed by atoms with Crippen LogP contribution >= 0.6 is 22.7 Å². The normalized spacial score (nSPS) is 14.9. The van der Waals surface area contributed by atoms with Crippen molar-refractivity contribution in [2.75, 3.05) is 13.1 Å². The number of hydrogen-bond donors (Lipinski definition) is 2. The van der Waals surface area contributed by atoms with Crippen LogP contribution in [0.15, 0.2) is 59.4 Å². The number of likely N-dealkylation sites (tertiary alicyclic amines) is 1. The van der Waals surface area contributed by atoms with Gasteiger partial charge in [-0.3, -0.25) is 14.4 Å². The third-order valence-electron chi connectivity index (χ3n) is 6.05. The van der Waals surface area contributed by atoms with Crippen LogP contribution in [-0.4, -0.2) is 45.5 Å².